The molecule has 0 saturated heterocycles. The summed E-state index contributed by atoms with van der Waals surface area (Å²) in [4.78, 5) is 30.8. The van der Waals surface area contributed by atoms with E-state index in [0.717, 1.165) is 32.1 Å². The minimum atomic E-state index is -1.30. The molecule has 0 amide bonds. The van der Waals surface area contributed by atoms with Gasteiger partial charge in [0.25, 0.3) is 0 Å². The van der Waals surface area contributed by atoms with Crippen molar-refractivity contribution in [1.82, 2.24) is 0 Å². The summed E-state index contributed by atoms with van der Waals surface area (Å²) in [7, 11) is 0. The van der Waals surface area contributed by atoms with E-state index in [1.807, 2.05) is 0 Å². The third-order valence-electron chi connectivity index (χ3n) is 4.49. The molecule has 0 aromatic rings. The lowest BCUT2D eigenvalue weighted by Crippen LogP contribution is -2.11. The molecule has 0 atom stereocenters. The van der Waals surface area contributed by atoms with Gasteiger partial charge in [0.15, 0.2) is 0 Å². The molecular weight excluding hydrogens is 344 g/mol. The fourth-order valence-corrected chi connectivity index (χ4v) is 2.76. The lowest BCUT2D eigenvalue weighted by Gasteiger charge is -2.01. The maximum atomic E-state index is 10.5. The molecule has 27 heavy (non-hydrogen) atoms. The van der Waals surface area contributed by atoms with Crippen molar-refractivity contribution in [1.29, 1.82) is 0 Å². The van der Waals surface area contributed by atoms with Crippen molar-refractivity contribution in [2.75, 3.05) is 0 Å². The summed E-state index contributed by atoms with van der Waals surface area (Å²) in [6, 6.07) is 0. The van der Waals surface area contributed by atoms with Crippen LogP contribution in [0.3, 0.4) is 0 Å². The number of carbonyl (C=O) groups excluding carboxylic acids is 1. The molecule has 0 radical (unpaired) electrons. The van der Waals surface area contributed by atoms with Gasteiger partial charge in [-0.15, -0.1) is 0 Å². The van der Waals surface area contributed by atoms with Crippen molar-refractivity contribution in [3.8, 4) is 0 Å². The van der Waals surface area contributed by atoms with Crippen LogP contribution in [0.5, 0.6) is 0 Å². The van der Waals surface area contributed by atoms with Crippen LogP contribution < -0.4 is 0 Å². The summed E-state index contributed by atoms with van der Waals surface area (Å²) in [5, 5.41) is 16.6. The fraction of sp³-hybridized carbons (Fsp3) is 0.864. The van der Waals surface area contributed by atoms with E-state index in [4.69, 9.17) is 10.2 Å². The van der Waals surface area contributed by atoms with Gasteiger partial charge < -0.3 is 10.2 Å². The van der Waals surface area contributed by atoms with Crippen LogP contribution in [0.15, 0.2) is 0 Å². The summed E-state index contributed by atoms with van der Waals surface area (Å²) in [6.07, 6.45) is 18.4. The second kappa shape index (κ2) is 22.7. The van der Waals surface area contributed by atoms with E-state index in [2.05, 4.69) is 13.8 Å². The first-order valence-corrected chi connectivity index (χ1v) is 10.9. The number of carboxylic acid groups (broad SMARTS) is 2. The molecule has 0 bridgehead atoms. The summed E-state index contributed by atoms with van der Waals surface area (Å²) < 4.78 is 0. The zero-order valence-corrected chi connectivity index (χ0v) is 17.6. The summed E-state index contributed by atoms with van der Waals surface area (Å²) in [6.45, 7) is 4.32. The number of hydrogen-bond donors (Lipinski definition) is 2. The molecule has 0 fully saturated rings. The molecule has 0 aliphatic heterocycles. The second-order valence-corrected chi connectivity index (χ2v) is 7.22. The van der Waals surface area contributed by atoms with Gasteiger partial charge in [-0.1, -0.05) is 97.3 Å². The Morgan fingerprint density at radius 3 is 1.22 bits per heavy atom. The molecule has 0 aromatic heterocycles. The summed E-state index contributed by atoms with van der Waals surface area (Å²) in [5.41, 5.74) is 0. The molecule has 0 spiro atoms. The van der Waals surface area contributed by atoms with Crippen LogP contribution in [0, 0.1) is 0 Å². The molecule has 5 nitrogen and oxygen atoms in total. The molecule has 2 N–H and O–H groups in total. The van der Waals surface area contributed by atoms with Gasteiger partial charge in [-0.05, 0) is 12.8 Å². The predicted octanol–water partition coefficient (Wildman–Crippen LogP) is 6.38. The van der Waals surface area contributed by atoms with Gasteiger partial charge in [0, 0.05) is 12.8 Å². The van der Waals surface area contributed by atoms with Crippen LogP contribution >= 0.6 is 0 Å². The van der Waals surface area contributed by atoms with Gasteiger partial charge in [-0.2, -0.15) is 0 Å². The van der Waals surface area contributed by atoms with Crippen LogP contribution in [0.25, 0.3) is 0 Å². The SMILES string of the molecule is CCCCCCC(=O)C(=O)O.CCCCCCCCCCCCCC(=O)O. The minimum absolute atomic E-state index is 0.190. The van der Waals surface area contributed by atoms with Crippen LogP contribution in [-0.2, 0) is 14.4 Å². The zero-order valence-electron chi connectivity index (χ0n) is 17.6. The Bertz CT molecular complexity index is 366. The largest absolute Gasteiger partial charge is 0.481 e. The normalized spacial score (nSPS) is 10.1. The first-order valence-electron chi connectivity index (χ1n) is 10.9. The molecule has 0 aromatic carbocycles. The summed E-state index contributed by atoms with van der Waals surface area (Å²) >= 11 is 0. The van der Waals surface area contributed by atoms with Crippen LogP contribution in [0.4, 0.5) is 0 Å². The average Bonchev–Trinajstić information content (AvgIpc) is 2.63. The molecule has 0 unspecified atom stereocenters. The highest BCUT2D eigenvalue weighted by Crippen LogP contribution is 2.11. The Hall–Kier alpha value is -1.39. The standard InChI is InChI=1S/C14H28O2.C8H14O3/c1-2-3-4-5-6-7-8-9-10-11-12-13-14(15)16;1-2-3-4-5-6-7(9)8(10)11/h2-13H2,1H3,(H,15,16);2-6H2,1H3,(H,10,11). The lowest BCUT2D eigenvalue weighted by molar-refractivity contribution is -0.149. The fourth-order valence-electron chi connectivity index (χ4n) is 2.76. The number of Topliss-reactive ketones (excluding diaryl/α,β-unsaturated/α-hetero) is 1. The van der Waals surface area contributed by atoms with Crippen molar-refractivity contribution in [3.63, 3.8) is 0 Å². The molecule has 0 heterocycles. The molecule has 0 saturated carbocycles. The van der Waals surface area contributed by atoms with E-state index < -0.39 is 17.7 Å². The molecule has 0 aliphatic carbocycles. The van der Waals surface area contributed by atoms with E-state index in [1.54, 1.807) is 0 Å². The first-order chi connectivity index (χ1) is 13.0. The molecule has 5 heteroatoms. The third kappa shape index (κ3) is 26.9. The van der Waals surface area contributed by atoms with E-state index in [1.165, 1.54) is 57.8 Å². The minimum Gasteiger partial charge on any atom is -0.481 e. The summed E-state index contributed by atoms with van der Waals surface area (Å²) in [5.74, 6) is -2.63. The number of carboxylic acids is 2. The maximum Gasteiger partial charge on any atom is 0.372 e. The molecule has 160 valence electrons. The predicted molar refractivity (Wildman–Crippen MR) is 110 cm³/mol. The van der Waals surface area contributed by atoms with E-state index >= 15 is 0 Å². The highest BCUT2D eigenvalue weighted by atomic mass is 16.4. The lowest BCUT2D eigenvalue weighted by atomic mass is 10.1. The van der Waals surface area contributed by atoms with Gasteiger partial charge in [-0.3, -0.25) is 9.59 Å². The van der Waals surface area contributed by atoms with Gasteiger partial charge in [-0.25, -0.2) is 4.79 Å². The third-order valence-corrected chi connectivity index (χ3v) is 4.49. The van der Waals surface area contributed by atoms with Crippen LogP contribution in [0.2, 0.25) is 0 Å². The molecule has 0 aliphatic rings. The molecular formula is C22H42O5. The molecule has 0 rings (SSSR count). The Labute approximate surface area is 165 Å². The highest BCUT2D eigenvalue weighted by Gasteiger charge is 2.09. The van der Waals surface area contributed by atoms with E-state index in [0.29, 0.717) is 12.8 Å². The Kier molecular flexibility index (Phi) is 23.3. The van der Waals surface area contributed by atoms with Crippen molar-refractivity contribution in [2.45, 2.75) is 123 Å². The Morgan fingerprint density at radius 2 is 0.852 bits per heavy atom. The van der Waals surface area contributed by atoms with Crippen molar-refractivity contribution in [2.24, 2.45) is 0 Å². The smallest absolute Gasteiger partial charge is 0.372 e. The van der Waals surface area contributed by atoms with Crippen LogP contribution in [-0.4, -0.2) is 27.9 Å². The number of carbonyl (C=O) groups is 3. The number of rotatable bonds is 18. The maximum absolute atomic E-state index is 10.5. The zero-order chi connectivity index (χ0) is 20.8. The topological polar surface area (TPSA) is 91.7 Å². The first kappa shape index (κ1) is 27.8. The Balaban J connectivity index is 0. The van der Waals surface area contributed by atoms with Crippen LogP contribution in [0.1, 0.15) is 123 Å². The van der Waals surface area contributed by atoms with Crippen molar-refractivity contribution >= 4 is 17.7 Å². The van der Waals surface area contributed by atoms with E-state index in [-0.39, 0.29) is 6.42 Å². The Morgan fingerprint density at radius 1 is 0.519 bits per heavy atom. The van der Waals surface area contributed by atoms with E-state index in [9.17, 15) is 14.4 Å². The number of hydrogen-bond acceptors (Lipinski definition) is 3. The number of aliphatic carboxylic acids is 2. The average molecular weight is 387 g/mol. The quantitative estimate of drug-likeness (QED) is 0.210. The van der Waals surface area contributed by atoms with Gasteiger partial charge >= 0.3 is 11.9 Å². The number of unbranched alkanes of at least 4 members (excludes halogenated alkanes) is 13. The van der Waals surface area contributed by atoms with Gasteiger partial charge in [0.2, 0.25) is 5.78 Å². The van der Waals surface area contributed by atoms with Crippen molar-refractivity contribution < 1.29 is 24.6 Å². The number of ketones is 1. The van der Waals surface area contributed by atoms with Crippen molar-refractivity contribution in [3.05, 3.63) is 0 Å². The monoisotopic (exact) mass is 386 g/mol. The van der Waals surface area contributed by atoms with Gasteiger partial charge in [0.05, 0.1) is 0 Å². The highest BCUT2D eigenvalue weighted by molar-refractivity contribution is 6.32. The second-order valence-electron chi connectivity index (χ2n) is 7.22. The van der Waals surface area contributed by atoms with Gasteiger partial charge in [0.1, 0.15) is 0 Å².